The number of hydrogen-bond donors (Lipinski definition) is 1. The Kier molecular flexibility index (Phi) is 2.62. The fraction of sp³-hybridized carbons (Fsp3) is 0.625. The van der Waals surface area contributed by atoms with E-state index in [1.54, 1.807) is 0 Å². The number of hydrogen-bond acceptors (Lipinski definition) is 4. The van der Waals surface area contributed by atoms with E-state index in [0.29, 0.717) is 6.42 Å². The van der Waals surface area contributed by atoms with Crippen LogP contribution in [0.5, 0.6) is 0 Å². The summed E-state index contributed by atoms with van der Waals surface area (Å²) in [4.78, 5) is 9.96. The standard InChI is InChI=1S/C8H10ClN3O3/c9-8-6(12(14)15)4-10-11(8)5-2-1-3-7(5)13/h4-5,7,13H,1-3H2. The highest BCUT2D eigenvalue weighted by molar-refractivity contribution is 6.31. The summed E-state index contributed by atoms with van der Waals surface area (Å²) in [5, 5.41) is 24.0. The Morgan fingerprint density at radius 3 is 2.87 bits per heavy atom. The van der Waals surface area contributed by atoms with Crippen molar-refractivity contribution >= 4 is 17.3 Å². The molecule has 1 aliphatic rings. The van der Waals surface area contributed by atoms with Crippen molar-refractivity contribution < 1.29 is 10.0 Å². The highest BCUT2D eigenvalue weighted by atomic mass is 35.5. The predicted molar refractivity (Wildman–Crippen MR) is 52.8 cm³/mol. The minimum Gasteiger partial charge on any atom is -0.391 e. The van der Waals surface area contributed by atoms with Crippen LogP contribution in [-0.4, -0.2) is 25.9 Å². The molecule has 0 saturated heterocycles. The second-order valence-electron chi connectivity index (χ2n) is 3.59. The third kappa shape index (κ3) is 1.70. The topological polar surface area (TPSA) is 81.2 Å². The normalized spacial score (nSPS) is 25.7. The summed E-state index contributed by atoms with van der Waals surface area (Å²) < 4.78 is 1.34. The molecule has 0 bridgehead atoms. The van der Waals surface area contributed by atoms with E-state index in [1.807, 2.05) is 0 Å². The van der Waals surface area contributed by atoms with E-state index < -0.39 is 11.0 Å². The molecule has 0 aromatic carbocycles. The molecule has 1 saturated carbocycles. The summed E-state index contributed by atoms with van der Waals surface area (Å²) in [6, 6.07) is -0.230. The van der Waals surface area contributed by atoms with Gasteiger partial charge >= 0.3 is 5.69 Å². The van der Waals surface area contributed by atoms with Crippen molar-refractivity contribution in [1.82, 2.24) is 9.78 Å². The first-order valence-corrected chi connectivity index (χ1v) is 5.04. The number of rotatable bonds is 2. The Balaban J connectivity index is 2.33. The van der Waals surface area contributed by atoms with E-state index in [9.17, 15) is 15.2 Å². The van der Waals surface area contributed by atoms with Crippen molar-refractivity contribution in [3.05, 3.63) is 21.5 Å². The molecule has 2 atom stereocenters. The number of aliphatic hydroxyl groups excluding tert-OH is 1. The second-order valence-corrected chi connectivity index (χ2v) is 3.95. The molecule has 1 aliphatic carbocycles. The number of aliphatic hydroxyl groups is 1. The van der Waals surface area contributed by atoms with E-state index in [4.69, 9.17) is 11.6 Å². The molecule has 0 spiro atoms. The van der Waals surface area contributed by atoms with Gasteiger partial charge in [0, 0.05) is 0 Å². The van der Waals surface area contributed by atoms with Crippen molar-refractivity contribution in [2.75, 3.05) is 0 Å². The maximum atomic E-state index is 10.5. The van der Waals surface area contributed by atoms with Crippen LogP contribution in [0.1, 0.15) is 25.3 Å². The maximum absolute atomic E-state index is 10.5. The number of nitro groups is 1. The van der Waals surface area contributed by atoms with E-state index in [2.05, 4.69) is 5.10 Å². The van der Waals surface area contributed by atoms with Crippen LogP contribution in [0.3, 0.4) is 0 Å². The highest BCUT2D eigenvalue weighted by Crippen LogP contribution is 2.34. The average molecular weight is 232 g/mol. The maximum Gasteiger partial charge on any atom is 0.325 e. The molecule has 1 fully saturated rings. The molecule has 1 heterocycles. The fourth-order valence-corrected chi connectivity index (χ4v) is 2.18. The predicted octanol–water partition coefficient (Wildman–Crippen LogP) is 1.53. The van der Waals surface area contributed by atoms with Crippen LogP contribution in [0.4, 0.5) is 5.69 Å². The van der Waals surface area contributed by atoms with Crippen molar-refractivity contribution in [2.45, 2.75) is 31.4 Å². The summed E-state index contributed by atoms with van der Waals surface area (Å²) in [6.45, 7) is 0. The molecular formula is C8H10ClN3O3. The molecule has 1 aromatic heterocycles. The molecule has 82 valence electrons. The molecule has 0 radical (unpaired) electrons. The van der Waals surface area contributed by atoms with Crippen molar-refractivity contribution in [2.24, 2.45) is 0 Å². The van der Waals surface area contributed by atoms with Crippen LogP contribution in [0.25, 0.3) is 0 Å². The van der Waals surface area contributed by atoms with Crippen LogP contribution in [0, 0.1) is 10.1 Å². The Labute approximate surface area is 90.6 Å². The highest BCUT2D eigenvalue weighted by Gasteiger charge is 2.31. The van der Waals surface area contributed by atoms with Gasteiger partial charge in [0.2, 0.25) is 5.15 Å². The van der Waals surface area contributed by atoms with E-state index in [1.165, 1.54) is 4.68 Å². The average Bonchev–Trinajstić information content (AvgIpc) is 2.71. The summed E-state index contributed by atoms with van der Waals surface area (Å²) >= 11 is 5.81. The van der Waals surface area contributed by atoms with Gasteiger partial charge in [0.15, 0.2) is 0 Å². The molecular weight excluding hydrogens is 222 g/mol. The number of aromatic nitrogens is 2. The van der Waals surface area contributed by atoms with Crippen molar-refractivity contribution in [3.63, 3.8) is 0 Å². The van der Waals surface area contributed by atoms with Gasteiger partial charge in [-0.2, -0.15) is 5.10 Å². The summed E-state index contributed by atoms with van der Waals surface area (Å²) in [5.41, 5.74) is -0.212. The zero-order valence-electron chi connectivity index (χ0n) is 7.84. The lowest BCUT2D eigenvalue weighted by Gasteiger charge is -2.14. The van der Waals surface area contributed by atoms with Crippen LogP contribution in [0.2, 0.25) is 5.15 Å². The van der Waals surface area contributed by atoms with E-state index in [-0.39, 0.29) is 16.9 Å². The van der Waals surface area contributed by atoms with Gasteiger partial charge < -0.3 is 5.11 Å². The molecule has 15 heavy (non-hydrogen) atoms. The molecule has 1 aromatic rings. The Hall–Kier alpha value is -1.14. The summed E-state index contributed by atoms with van der Waals surface area (Å²) in [5.74, 6) is 0. The van der Waals surface area contributed by atoms with Crippen LogP contribution < -0.4 is 0 Å². The smallest absolute Gasteiger partial charge is 0.325 e. The third-order valence-electron chi connectivity index (χ3n) is 2.67. The fourth-order valence-electron chi connectivity index (χ4n) is 1.90. The Bertz CT molecular complexity index is 392. The second kappa shape index (κ2) is 3.79. The summed E-state index contributed by atoms with van der Waals surface area (Å²) in [6.07, 6.45) is 2.93. The van der Waals surface area contributed by atoms with Crippen molar-refractivity contribution in [3.8, 4) is 0 Å². The first-order valence-electron chi connectivity index (χ1n) is 4.66. The van der Waals surface area contributed by atoms with Gasteiger partial charge in [-0.3, -0.25) is 10.1 Å². The lowest BCUT2D eigenvalue weighted by Crippen LogP contribution is -2.19. The zero-order chi connectivity index (χ0) is 11.0. The first kappa shape index (κ1) is 10.4. The zero-order valence-corrected chi connectivity index (χ0v) is 8.59. The van der Waals surface area contributed by atoms with Crippen LogP contribution in [0.15, 0.2) is 6.20 Å². The Morgan fingerprint density at radius 1 is 1.67 bits per heavy atom. The van der Waals surface area contributed by atoms with Gasteiger partial charge in [-0.25, -0.2) is 4.68 Å². The molecule has 6 nitrogen and oxygen atoms in total. The van der Waals surface area contributed by atoms with E-state index in [0.717, 1.165) is 19.0 Å². The minimum absolute atomic E-state index is 0.00838. The largest absolute Gasteiger partial charge is 0.391 e. The van der Waals surface area contributed by atoms with Gasteiger partial charge in [0.25, 0.3) is 0 Å². The lowest BCUT2D eigenvalue weighted by molar-refractivity contribution is -0.384. The first-order chi connectivity index (χ1) is 7.11. The van der Waals surface area contributed by atoms with Crippen LogP contribution >= 0.6 is 11.6 Å². The SMILES string of the molecule is O=[N+]([O-])c1cnn(C2CCCC2O)c1Cl. The van der Waals surface area contributed by atoms with E-state index >= 15 is 0 Å². The lowest BCUT2D eigenvalue weighted by atomic mass is 10.2. The van der Waals surface area contributed by atoms with Gasteiger partial charge in [0.1, 0.15) is 6.20 Å². The van der Waals surface area contributed by atoms with Gasteiger partial charge in [-0.15, -0.1) is 0 Å². The van der Waals surface area contributed by atoms with Gasteiger partial charge in [-0.05, 0) is 19.3 Å². The monoisotopic (exact) mass is 231 g/mol. The quantitative estimate of drug-likeness (QED) is 0.618. The van der Waals surface area contributed by atoms with Gasteiger partial charge in [0.05, 0.1) is 17.1 Å². The molecule has 0 aliphatic heterocycles. The summed E-state index contributed by atoms with van der Waals surface area (Å²) in [7, 11) is 0. The molecule has 7 heteroatoms. The number of halogens is 1. The molecule has 0 amide bonds. The minimum atomic E-state index is -0.576. The number of nitrogens with zero attached hydrogens (tertiary/aromatic N) is 3. The molecule has 2 rings (SSSR count). The van der Waals surface area contributed by atoms with Crippen molar-refractivity contribution in [1.29, 1.82) is 0 Å². The van der Waals surface area contributed by atoms with Crippen LogP contribution in [-0.2, 0) is 0 Å². The Morgan fingerprint density at radius 2 is 2.40 bits per heavy atom. The van der Waals surface area contributed by atoms with Gasteiger partial charge in [-0.1, -0.05) is 11.6 Å². The molecule has 2 unspecified atom stereocenters. The molecule has 1 N–H and O–H groups in total. The third-order valence-corrected chi connectivity index (χ3v) is 3.04.